The summed E-state index contributed by atoms with van der Waals surface area (Å²) in [4.78, 5) is 24.7. The van der Waals surface area contributed by atoms with Crippen molar-refractivity contribution in [3.05, 3.63) is 22.5 Å². The van der Waals surface area contributed by atoms with Crippen LogP contribution in [0.25, 0.3) is 0 Å². The van der Waals surface area contributed by atoms with Crippen LogP contribution in [-0.4, -0.2) is 36.0 Å². The molecule has 0 unspecified atom stereocenters. The van der Waals surface area contributed by atoms with Gasteiger partial charge in [0.05, 0.1) is 13.7 Å². The molecule has 0 radical (unpaired) electrons. The Morgan fingerprint density at radius 3 is 2.43 bits per heavy atom. The molecule has 0 aromatic carbocycles. The fourth-order valence-electron chi connectivity index (χ4n) is 3.69. The molecule has 0 spiro atoms. The van der Waals surface area contributed by atoms with E-state index in [0.717, 1.165) is 24.1 Å². The van der Waals surface area contributed by atoms with Gasteiger partial charge < -0.3 is 14.6 Å². The molecule has 1 aromatic heterocycles. The number of ether oxygens (including phenoxy) is 1. The predicted molar refractivity (Wildman–Crippen MR) is 90.1 cm³/mol. The molecule has 1 heterocycles. The maximum Gasteiger partial charge on any atom is 0.354 e. The SMILES string of the molecule is CCn1c(C)c(C(=O)CNC2CCCCC2)c(C)c1C(=O)OC. The largest absolute Gasteiger partial charge is 0.464 e. The number of nitrogens with zero attached hydrogens (tertiary/aromatic N) is 1. The van der Waals surface area contributed by atoms with Crippen molar-refractivity contribution >= 4 is 11.8 Å². The summed E-state index contributed by atoms with van der Waals surface area (Å²) in [6.07, 6.45) is 6.07. The molecule has 0 bridgehead atoms. The Balaban J connectivity index is 2.19. The smallest absolute Gasteiger partial charge is 0.354 e. The molecule has 0 saturated heterocycles. The van der Waals surface area contributed by atoms with Gasteiger partial charge in [-0.1, -0.05) is 19.3 Å². The van der Waals surface area contributed by atoms with Crippen molar-refractivity contribution in [1.29, 1.82) is 0 Å². The molecule has 1 N–H and O–H groups in total. The van der Waals surface area contributed by atoms with Crippen LogP contribution in [0.4, 0.5) is 0 Å². The Morgan fingerprint density at radius 2 is 1.87 bits per heavy atom. The number of hydrogen-bond acceptors (Lipinski definition) is 4. The van der Waals surface area contributed by atoms with E-state index in [1.807, 2.05) is 25.3 Å². The minimum Gasteiger partial charge on any atom is -0.464 e. The molecule has 1 aromatic rings. The Bertz CT molecular complexity index is 584. The number of methoxy groups -OCH3 is 1. The van der Waals surface area contributed by atoms with Gasteiger partial charge in [0, 0.05) is 23.8 Å². The maximum atomic E-state index is 12.7. The Kier molecular flexibility index (Phi) is 5.99. The third-order valence-electron chi connectivity index (χ3n) is 4.90. The lowest BCUT2D eigenvalue weighted by molar-refractivity contribution is 0.0587. The molecule has 2 rings (SSSR count). The van der Waals surface area contributed by atoms with E-state index in [2.05, 4.69) is 5.32 Å². The highest BCUT2D eigenvalue weighted by Gasteiger charge is 2.26. The van der Waals surface area contributed by atoms with Crippen molar-refractivity contribution < 1.29 is 14.3 Å². The Morgan fingerprint density at radius 1 is 1.22 bits per heavy atom. The molecule has 0 amide bonds. The Hall–Kier alpha value is -1.62. The number of aromatic nitrogens is 1. The van der Waals surface area contributed by atoms with Crippen molar-refractivity contribution in [1.82, 2.24) is 9.88 Å². The fourth-order valence-corrected chi connectivity index (χ4v) is 3.69. The number of esters is 1. The monoisotopic (exact) mass is 320 g/mol. The molecule has 0 atom stereocenters. The molecular formula is C18H28N2O3. The molecule has 128 valence electrons. The first-order chi connectivity index (χ1) is 11.0. The van der Waals surface area contributed by atoms with Gasteiger partial charge in [0.25, 0.3) is 0 Å². The van der Waals surface area contributed by atoms with E-state index in [1.165, 1.54) is 26.4 Å². The molecule has 1 aliphatic rings. The standard InChI is InChI=1S/C18H28N2O3/c1-5-20-13(3)16(12(2)17(20)18(22)23-4)15(21)11-19-14-9-7-6-8-10-14/h14,19H,5-11H2,1-4H3. The number of Topliss-reactive ketones (excluding diaryl/α,β-unsaturated/α-hetero) is 1. The van der Waals surface area contributed by atoms with Gasteiger partial charge >= 0.3 is 5.97 Å². The van der Waals surface area contributed by atoms with Gasteiger partial charge in [-0.25, -0.2) is 4.79 Å². The van der Waals surface area contributed by atoms with Crippen LogP contribution in [0, 0.1) is 13.8 Å². The normalized spacial score (nSPS) is 15.7. The molecule has 23 heavy (non-hydrogen) atoms. The van der Waals surface area contributed by atoms with E-state index in [9.17, 15) is 9.59 Å². The van der Waals surface area contributed by atoms with Crippen molar-refractivity contribution in [2.45, 2.75) is 65.5 Å². The van der Waals surface area contributed by atoms with Crippen molar-refractivity contribution in [2.75, 3.05) is 13.7 Å². The van der Waals surface area contributed by atoms with Crippen molar-refractivity contribution in [3.63, 3.8) is 0 Å². The summed E-state index contributed by atoms with van der Waals surface area (Å²) in [5.74, 6) is -0.324. The summed E-state index contributed by atoms with van der Waals surface area (Å²) in [7, 11) is 1.37. The zero-order valence-corrected chi connectivity index (χ0v) is 14.7. The molecule has 5 nitrogen and oxygen atoms in total. The highest BCUT2D eigenvalue weighted by Crippen LogP contribution is 2.24. The number of carbonyl (C=O) groups excluding carboxylic acids is 2. The van der Waals surface area contributed by atoms with Crippen LogP contribution in [0.15, 0.2) is 0 Å². The number of carbonyl (C=O) groups is 2. The van der Waals surface area contributed by atoms with E-state index in [-0.39, 0.29) is 11.8 Å². The second-order valence-electron chi connectivity index (χ2n) is 6.31. The quantitative estimate of drug-likeness (QED) is 0.646. The summed E-state index contributed by atoms with van der Waals surface area (Å²) in [6.45, 7) is 6.67. The third-order valence-corrected chi connectivity index (χ3v) is 4.90. The maximum absolute atomic E-state index is 12.7. The van der Waals surface area contributed by atoms with Gasteiger partial charge in [0.1, 0.15) is 5.69 Å². The van der Waals surface area contributed by atoms with E-state index < -0.39 is 0 Å². The molecule has 1 fully saturated rings. The average Bonchev–Trinajstić information content (AvgIpc) is 2.83. The van der Waals surface area contributed by atoms with Gasteiger partial charge in [-0.05, 0) is 39.2 Å². The summed E-state index contributed by atoms with van der Waals surface area (Å²) in [6, 6.07) is 0.446. The van der Waals surface area contributed by atoms with E-state index >= 15 is 0 Å². The summed E-state index contributed by atoms with van der Waals surface area (Å²) >= 11 is 0. The second kappa shape index (κ2) is 7.77. The van der Waals surface area contributed by atoms with Gasteiger partial charge in [-0.3, -0.25) is 4.79 Å². The highest BCUT2D eigenvalue weighted by molar-refractivity contribution is 6.03. The van der Waals surface area contributed by atoms with Gasteiger partial charge in [0.15, 0.2) is 5.78 Å². The topological polar surface area (TPSA) is 60.3 Å². The number of rotatable bonds is 6. The zero-order chi connectivity index (χ0) is 17.0. The first-order valence-corrected chi connectivity index (χ1v) is 8.55. The molecule has 5 heteroatoms. The van der Waals surface area contributed by atoms with Crippen molar-refractivity contribution in [3.8, 4) is 0 Å². The molecule has 1 aliphatic carbocycles. The van der Waals surface area contributed by atoms with E-state index in [4.69, 9.17) is 4.74 Å². The predicted octanol–water partition coefficient (Wildman–Crippen LogP) is 3.02. The zero-order valence-electron chi connectivity index (χ0n) is 14.7. The van der Waals surface area contributed by atoms with Crippen LogP contribution in [0.3, 0.4) is 0 Å². The summed E-state index contributed by atoms with van der Waals surface area (Å²) < 4.78 is 6.75. The van der Waals surface area contributed by atoms with Crippen LogP contribution in [0.2, 0.25) is 0 Å². The van der Waals surface area contributed by atoms with Crippen LogP contribution in [0.5, 0.6) is 0 Å². The van der Waals surface area contributed by atoms with Crippen LogP contribution in [0.1, 0.15) is 71.1 Å². The van der Waals surface area contributed by atoms with Crippen LogP contribution >= 0.6 is 0 Å². The van der Waals surface area contributed by atoms with E-state index in [0.29, 0.717) is 30.4 Å². The number of nitrogens with one attached hydrogen (secondary N) is 1. The number of hydrogen-bond donors (Lipinski definition) is 1. The fraction of sp³-hybridized carbons (Fsp3) is 0.667. The summed E-state index contributed by atoms with van der Waals surface area (Å²) in [5, 5.41) is 3.39. The lowest BCUT2D eigenvalue weighted by Gasteiger charge is -2.22. The van der Waals surface area contributed by atoms with Gasteiger partial charge in [0.2, 0.25) is 0 Å². The minimum atomic E-state index is -0.383. The summed E-state index contributed by atoms with van der Waals surface area (Å²) in [5.41, 5.74) is 2.73. The van der Waals surface area contributed by atoms with Gasteiger partial charge in [-0.15, -0.1) is 0 Å². The first-order valence-electron chi connectivity index (χ1n) is 8.55. The first kappa shape index (κ1) is 17.7. The van der Waals surface area contributed by atoms with Crippen LogP contribution in [-0.2, 0) is 11.3 Å². The third kappa shape index (κ3) is 3.66. The van der Waals surface area contributed by atoms with Gasteiger partial charge in [-0.2, -0.15) is 0 Å². The molecule has 0 aliphatic heterocycles. The van der Waals surface area contributed by atoms with Crippen molar-refractivity contribution in [2.24, 2.45) is 0 Å². The highest BCUT2D eigenvalue weighted by atomic mass is 16.5. The number of ketones is 1. The Labute approximate surface area is 138 Å². The lowest BCUT2D eigenvalue weighted by atomic mass is 9.95. The molecule has 1 saturated carbocycles. The minimum absolute atomic E-state index is 0.0583. The second-order valence-corrected chi connectivity index (χ2v) is 6.31. The molecular weight excluding hydrogens is 292 g/mol. The lowest BCUT2D eigenvalue weighted by Crippen LogP contribution is -2.35. The van der Waals surface area contributed by atoms with E-state index in [1.54, 1.807) is 0 Å². The average molecular weight is 320 g/mol. The van der Waals surface area contributed by atoms with Crippen LogP contribution < -0.4 is 5.32 Å².